The fraction of sp³-hybridized carbons (Fsp3) is 0.148. The fourth-order valence-corrected chi connectivity index (χ4v) is 4.25. The predicted molar refractivity (Wildman–Crippen MR) is 133 cm³/mol. The van der Waals surface area contributed by atoms with Gasteiger partial charge in [0.25, 0.3) is 11.7 Å². The van der Waals surface area contributed by atoms with Crippen LogP contribution in [-0.4, -0.2) is 33.3 Å². The minimum absolute atomic E-state index is 0.0513. The lowest BCUT2D eigenvalue weighted by atomic mass is 9.94. The fourth-order valence-electron chi connectivity index (χ4n) is 3.99. The number of aliphatic hydroxyl groups excluding tert-OH is 1. The number of carbonyl (C=O) groups excluding carboxylic acids is 2. The van der Waals surface area contributed by atoms with Crippen molar-refractivity contribution >= 4 is 33.4 Å². The molecule has 1 fully saturated rings. The number of hydrogen-bond donors (Lipinski definition) is 1. The summed E-state index contributed by atoms with van der Waals surface area (Å²) >= 11 is 3.42. The van der Waals surface area contributed by atoms with E-state index in [1.54, 1.807) is 42.7 Å². The van der Waals surface area contributed by atoms with E-state index in [9.17, 15) is 14.7 Å². The highest BCUT2D eigenvalue weighted by Crippen LogP contribution is 2.41. The van der Waals surface area contributed by atoms with E-state index in [1.807, 2.05) is 37.3 Å². The smallest absolute Gasteiger partial charge is 0.295 e. The van der Waals surface area contributed by atoms with Crippen LogP contribution in [0.1, 0.15) is 28.3 Å². The van der Waals surface area contributed by atoms with Gasteiger partial charge in [0.1, 0.15) is 18.1 Å². The van der Waals surface area contributed by atoms with Crippen LogP contribution in [0.25, 0.3) is 5.76 Å². The van der Waals surface area contributed by atoms with Crippen molar-refractivity contribution in [2.45, 2.75) is 19.5 Å². The van der Waals surface area contributed by atoms with Crippen LogP contribution in [0.5, 0.6) is 5.75 Å². The number of carbonyl (C=O) groups is 2. The summed E-state index contributed by atoms with van der Waals surface area (Å²) in [6.45, 7) is 6.03. The number of aryl methyl sites for hydroxylation is 1. The Labute approximate surface area is 206 Å². The molecule has 4 rings (SSSR count). The lowest BCUT2D eigenvalue weighted by Gasteiger charge is -2.25. The van der Waals surface area contributed by atoms with Crippen molar-refractivity contribution in [2.75, 3.05) is 6.61 Å². The van der Waals surface area contributed by atoms with E-state index in [0.29, 0.717) is 17.9 Å². The topological polar surface area (TPSA) is 79.7 Å². The van der Waals surface area contributed by atoms with Gasteiger partial charge < -0.3 is 14.7 Å². The van der Waals surface area contributed by atoms with E-state index in [0.717, 1.165) is 21.2 Å². The number of aromatic nitrogens is 1. The van der Waals surface area contributed by atoms with E-state index in [-0.39, 0.29) is 17.9 Å². The summed E-state index contributed by atoms with van der Waals surface area (Å²) in [6.07, 6.45) is 4.95. The third kappa shape index (κ3) is 4.65. The van der Waals surface area contributed by atoms with E-state index in [4.69, 9.17) is 4.74 Å². The molecular weight excluding hydrogens is 496 g/mol. The summed E-state index contributed by atoms with van der Waals surface area (Å²) in [7, 11) is 0. The molecule has 0 aliphatic carbocycles. The first kappa shape index (κ1) is 23.4. The maximum absolute atomic E-state index is 13.2. The standard InChI is InChI=1S/C27H23BrN2O4/c1-3-13-34-22-11-8-20(14-17(22)2)25(31)23-24(19-6-9-21(28)10-7-19)30(27(33)26(23)32)16-18-5-4-12-29-15-18/h3-12,14-15,24,31H,1,13,16H2,2H3/t24-/m0/s1. The summed E-state index contributed by atoms with van der Waals surface area (Å²) in [4.78, 5) is 31.9. The van der Waals surface area contributed by atoms with Gasteiger partial charge >= 0.3 is 0 Å². The van der Waals surface area contributed by atoms with Crippen LogP contribution in [0, 0.1) is 6.92 Å². The van der Waals surface area contributed by atoms with E-state index < -0.39 is 17.7 Å². The molecule has 2 heterocycles. The molecule has 1 atom stereocenters. The van der Waals surface area contributed by atoms with E-state index in [2.05, 4.69) is 27.5 Å². The number of aliphatic hydroxyl groups is 1. The third-order valence-corrected chi connectivity index (χ3v) is 6.14. The average molecular weight is 519 g/mol. The molecule has 0 saturated carbocycles. The molecule has 1 saturated heterocycles. The molecule has 0 spiro atoms. The first-order chi connectivity index (χ1) is 16.4. The molecule has 2 aromatic carbocycles. The number of rotatable bonds is 7. The van der Waals surface area contributed by atoms with Crippen LogP contribution < -0.4 is 4.74 Å². The van der Waals surface area contributed by atoms with Gasteiger partial charge in [-0.3, -0.25) is 14.6 Å². The lowest BCUT2D eigenvalue weighted by molar-refractivity contribution is -0.140. The second-order valence-corrected chi connectivity index (χ2v) is 8.84. The maximum atomic E-state index is 13.2. The van der Waals surface area contributed by atoms with Gasteiger partial charge in [0.05, 0.1) is 11.6 Å². The Morgan fingerprint density at radius 2 is 1.97 bits per heavy atom. The number of nitrogens with zero attached hydrogens (tertiary/aromatic N) is 2. The monoisotopic (exact) mass is 518 g/mol. The molecule has 0 radical (unpaired) electrons. The van der Waals surface area contributed by atoms with Gasteiger partial charge in [-0.05, 0) is 60.0 Å². The molecule has 172 valence electrons. The second kappa shape index (κ2) is 10.1. The normalized spacial score (nSPS) is 17.1. The summed E-state index contributed by atoms with van der Waals surface area (Å²) in [5, 5.41) is 11.3. The highest BCUT2D eigenvalue weighted by Gasteiger charge is 2.46. The van der Waals surface area contributed by atoms with Gasteiger partial charge in [0.2, 0.25) is 0 Å². The Balaban J connectivity index is 1.81. The van der Waals surface area contributed by atoms with Crippen LogP contribution in [0.4, 0.5) is 0 Å². The van der Waals surface area contributed by atoms with Crippen LogP contribution >= 0.6 is 15.9 Å². The van der Waals surface area contributed by atoms with Gasteiger partial charge in [0.15, 0.2) is 0 Å². The van der Waals surface area contributed by atoms with Crippen LogP contribution in [0.2, 0.25) is 0 Å². The Morgan fingerprint density at radius 1 is 1.21 bits per heavy atom. The minimum Gasteiger partial charge on any atom is -0.507 e. The summed E-state index contributed by atoms with van der Waals surface area (Å²) in [5.41, 5.74) is 2.78. The van der Waals surface area contributed by atoms with Crippen molar-refractivity contribution in [3.63, 3.8) is 0 Å². The van der Waals surface area contributed by atoms with Crippen molar-refractivity contribution in [1.82, 2.24) is 9.88 Å². The largest absolute Gasteiger partial charge is 0.507 e. The third-order valence-electron chi connectivity index (χ3n) is 5.61. The quantitative estimate of drug-likeness (QED) is 0.197. The second-order valence-electron chi connectivity index (χ2n) is 7.92. The van der Waals surface area contributed by atoms with Crippen LogP contribution in [0.3, 0.4) is 0 Å². The predicted octanol–water partition coefficient (Wildman–Crippen LogP) is 5.34. The molecule has 1 aliphatic rings. The van der Waals surface area contributed by atoms with Crippen LogP contribution in [-0.2, 0) is 16.1 Å². The number of benzene rings is 2. The minimum atomic E-state index is -0.745. The van der Waals surface area contributed by atoms with E-state index in [1.165, 1.54) is 4.90 Å². The molecule has 34 heavy (non-hydrogen) atoms. The molecule has 3 aromatic rings. The zero-order valence-corrected chi connectivity index (χ0v) is 20.2. The average Bonchev–Trinajstić information content (AvgIpc) is 3.09. The molecule has 6 nitrogen and oxygen atoms in total. The molecule has 1 aromatic heterocycles. The molecule has 0 bridgehead atoms. The maximum Gasteiger partial charge on any atom is 0.295 e. The number of halogens is 1. The van der Waals surface area contributed by atoms with Crippen molar-refractivity contribution in [2.24, 2.45) is 0 Å². The van der Waals surface area contributed by atoms with Gasteiger partial charge in [0, 0.05) is 29.0 Å². The van der Waals surface area contributed by atoms with Crippen molar-refractivity contribution < 1.29 is 19.4 Å². The van der Waals surface area contributed by atoms with Gasteiger partial charge in [-0.15, -0.1) is 0 Å². The zero-order chi connectivity index (χ0) is 24.2. The number of likely N-dealkylation sites (tertiary alicyclic amines) is 1. The molecule has 1 amide bonds. The SMILES string of the molecule is C=CCOc1ccc(C(O)=C2C(=O)C(=O)N(Cc3cccnc3)[C@H]2c2ccc(Br)cc2)cc1C. The number of amides is 1. The number of ketones is 1. The van der Waals surface area contributed by atoms with Gasteiger partial charge in [-0.1, -0.05) is 46.8 Å². The Hall–Kier alpha value is -3.71. The lowest BCUT2D eigenvalue weighted by Crippen LogP contribution is -2.29. The molecular formula is C27H23BrN2O4. The molecule has 1 aliphatic heterocycles. The summed E-state index contributed by atoms with van der Waals surface area (Å²) < 4.78 is 6.48. The van der Waals surface area contributed by atoms with Crippen molar-refractivity contribution in [1.29, 1.82) is 0 Å². The number of Topliss-reactive ketones (excluding diaryl/α,β-unsaturated/α-hetero) is 1. The molecule has 7 heteroatoms. The zero-order valence-electron chi connectivity index (χ0n) is 18.6. The van der Waals surface area contributed by atoms with Gasteiger partial charge in [-0.25, -0.2) is 0 Å². The Kier molecular flexibility index (Phi) is 6.93. The van der Waals surface area contributed by atoms with Crippen molar-refractivity contribution in [3.05, 3.63) is 112 Å². The number of pyridine rings is 1. The Morgan fingerprint density at radius 3 is 2.62 bits per heavy atom. The molecule has 1 N–H and O–H groups in total. The number of hydrogen-bond acceptors (Lipinski definition) is 5. The van der Waals surface area contributed by atoms with E-state index >= 15 is 0 Å². The van der Waals surface area contributed by atoms with Crippen molar-refractivity contribution in [3.8, 4) is 5.75 Å². The highest BCUT2D eigenvalue weighted by molar-refractivity contribution is 9.10. The summed E-state index contributed by atoms with van der Waals surface area (Å²) in [6, 6.07) is 15.4. The highest BCUT2D eigenvalue weighted by atomic mass is 79.9. The molecule has 0 unspecified atom stereocenters. The first-order valence-corrected chi connectivity index (χ1v) is 11.5. The van der Waals surface area contributed by atoms with Gasteiger partial charge in [-0.2, -0.15) is 0 Å². The van der Waals surface area contributed by atoms with Crippen LogP contribution in [0.15, 0.2) is 89.7 Å². The summed E-state index contributed by atoms with van der Waals surface area (Å²) in [5.74, 6) is -0.962. The first-order valence-electron chi connectivity index (χ1n) is 10.7. The number of ether oxygens (including phenoxy) is 1. The Bertz CT molecular complexity index is 1270.